The molecule has 0 bridgehead atoms. The standard InChI is InChI=1S/C25H27Cl2N3OS/c1-15-8-10-25(11-9-15)29-23(18-5-7-20(26)21(27)13-18)24(30-25)32-14-22(31)28-19-6-4-16(2)17(3)12-19/h4-7,12-13,15H,8-11,14H2,1-3H3,(H,28,31). The lowest BCUT2D eigenvalue weighted by molar-refractivity contribution is -0.113. The zero-order chi connectivity index (χ0) is 22.9. The van der Waals surface area contributed by atoms with Crippen LogP contribution in [0.15, 0.2) is 46.4 Å². The molecule has 0 atom stereocenters. The number of aliphatic imine (C=N–C) groups is 2. The summed E-state index contributed by atoms with van der Waals surface area (Å²) in [4.78, 5) is 22.8. The Kier molecular flexibility index (Phi) is 6.99. The predicted molar refractivity (Wildman–Crippen MR) is 138 cm³/mol. The molecular formula is C25H27Cl2N3OS. The molecule has 2 aliphatic rings. The molecule has 1 spiro atoms. The minimum atomic E-state index is -0.416. The first-order valence-electron chi connectivity index (χ1n) is 10.9. The van der Waals surface area contributed by atoms with Crippen molar-refractivity contribution in [1.29, 1.82) is 0 Å². The number of benzene rings is 2. The molecule has 7 heteroatoms. The second kappa shape index (κ2) is 9.58. The molecule has 0 saturated heterocycles. The van der Waals surface area contributed by atoms with E-state index in [1.54, 1.807) is 6.07 Å². The van der Waals surface area contributed by atoms with Gasteiger partial charge < -0.3 is 5.32 Å². The number of thioether (sulfide) groups is 1. The molecular weight excluding hydrogens is 461 g/mol. The minimum Gasteiger partial charge on any atom is -0.325 e. The van der Waals surface area contributed by atoms with Crippen LogP contribution in [0.2, 0.25) is 10.0 Å². The number of hydrogen-bond acceptors (Lipinski definition) is 4. The molecule has 1 heterocycles. The Morgan fingerprint density at radius 1 is 1.06 bits per heavy atom. The van der Waals surface area contributed by atoms with Gasteiger partial charge in [-0.05, 0) is 80.8 Å². The fraction of sp³-hybridized carbons (Fsp3) is 0.400. The zero-order valence-corrected chi connectivity index (χ0v) is 20.9. The van der Waals surface area contributed by atoms with Gasteiger partial charge in [0, 0.05) is 11.3 Å². The summed E-state index contributed by atoms with van der Waals surface area (Å²) in [5.41, 5.74) is 4.44. The van der Waals surface area contributed by atoms with Crippen LogP contribution >= 0.6 is 35.0 Å². The number of hydrogen-bond donors (Lipinski definition) is 1. The SMILES string of the molecule is Cc1ccc(NC(=O)CSC2=NC3(CCC(C)CC3)N=C2c2ccc(Cl)c(Cl)c2)cc1C. The smallest absolute Gasteiger partial charge is 0.234 e. The van der Waals surface area contributed by atoms with Gasteiger partial charge in [0.1, 0.15) is 5.04 Å². The van der Waals surface area contributed by atoms with Gasteiger partial charge in [-0.1, -0.05) is 54.0 Å². The zero-order valence-electron chi connectivity index (χ0n) is 18.5. The Balaban J connectivity index is 1.52. The molecule has 0 radical (unpaired) electrons. The Morgan fingerprint density at radius 3 is 2.50 bits per heavy atom. The predicted octanol–water partition coefficient (Wildman–Crippen LogP) is 7.09. The van der Waals surface area contributed by atoms with E-state index in [9.17, 15) is 4.79 Å². The maximum absolute atomic E-state index is 12.7. The van der Waals surface area contributed by atoms with Gasteiger partial charge in [0.05, 0.1) is 21.5 Å². The molecule has 1 fully saturated rings. The van der Waals surface area contributed by atoms with Crippen molar-refractivity contribution in [2.75, 3.05) is 11.1 Å². The number of anilines is 1. The van der Waals surface area contributed by atoms with E-state index in [0.29, 0.717) is 16.0 Å². The molecule has 1 saturated carbocycles. The number of aryl methyl sites for hydroxylation is 2. The number of amides is 1. The van der Waals surface area contributed by atoms with E-state index in [-0.39, 0.29) is 11.7 Å². The summed E-state index contributed by atoms with van der Waals surface area (Å²) in [6, 6.07) is 11.5. The molecule has 4 nitrogen and oxygen atoms in total. The number of carbonyl (C=O) groups excluding carboxylic acids is 1. The second-order valence-electron chi connectivity index (χ2n) is 8.81. The van der Waals surface area contributed by atoms with Crippen molar-refractivity contribution < 1.29 is 4.79 Å². The average molecular weight is 488 g/mol. The van der Waals surface area contributed by atoms with Crippen LogP contribution < -0.4 is 5.32 Å². The quantitative estimate of drug-likeness (QED) is 0.500. The van der Waals surface area contributed by atoms with Crippen LogP contribution in [0.5, 0.6) is 0 Å². The Morgan fingerprint density at radius 2 is 1.81 bits per heavy atom. The van der Waals surface area contributed by atoms with Crippen LogP contribution in [0, 0.1) is 19.8 Å². The fourth-order valence-electron chi connectivity index (χ4n) is 4.05. The average Bonchev–Trinajstić information content (AvgIpc) is 3.12. The summed E-state index contributed by atoms with van der Waals surface area (Å²) in [6.07, 6.45) is 4.06. The van der Waals surface area contributed by atoms with E-state index >= 15 is 0 Å². The van der Waals surface area contributed by atoms with Crippen LogP contribution in [-0.2, 0) is 4.79 Å². The third-order valence-corrected chi connectivity index (χ3v) is 7.93. The summed E-state index contributed by atoms with van der Waals surface area (Å²) in [5.74, 6) is 0.894. The molecule has 0 unspecified atom stereocenters. The molecule has 168 valence electrons. The van der Waals surface area contributed by atoms with E-state index in [1.165, 1.54) is 17.3 Å². The van der Waals surface area contributed by atoms with E-state index in [2.05, 4.69) is 19.2 Å². The van der Waals surface area contributed by atoms with Gasteiger partial charge in [-0.15, -0.1) is 0 Å². The molecule has 1 N–H and O–H groups in total. The van der Waals surface area contributed by atoms with Crippen LogP contribution in [0.4, 0.5) is 5.69 Å². The second-order valence-corrected chi connectivity index (χ2v) is 10.6. The Bertz CT molecular complexity index is 1100. The highest BCUT2D eigenvalue weighted by atomic mass is 35.5. The van der Waals surface area contributed by atoms with Crippen molar-refractivity contribution in [1.82, 2.24) is 0 Å². The van der Waals surface area contributed by atoms with Gasteiger partial charge in [-0.3, -0.25) is 9.79 Å². The van der Waals surface area contributed by atoms with Crippen molar-refractivity contribution >= 4 is 57.3 Å². The molecule has 32 heavy (non-hydrogen) atoms. The largest absolute Gasteiger partial charge is 0.325 e. The molecule has 4 rings (SSSR count). The van der Waals surface area contributed by atoms with Gasteiger partial charge in [0.2, 0.25) is 5.91 Å². The van der Waals surface area contributed by atoms with Crippen molar-refractivity contribution in [2.45, 2.75) is 52.1 Å². The van der Waals surface area contributed by atoms with Gasteiger partial charge in [0.25, 0.3) is 0 Å². The van der Waals surface area contributed by atoms with Gasteiger partial charge >= 0.3 is 0 Å². The van der Waals surface area contributed by atoms with E-state index in [1.807, 2.05) is 37.3 Å². The highest BCUT2D eigenvalue weighted by molar-refractivity contribution is 8.16. The summed E-state index contributed by atoms with van der Waals surface area (Å²) in [6.45, 7) is 6.38. The van der Waals surface area contributed by atoms with Crippen molar-refractivity contribution in [3.8, 4) is 0 Å². The van der Waals surface area contributed by atoms with Crippen LogP contribution in [-0.4, -0.2) is 28.1 Å². The molecule has 1 aliphatic carbocycles. The van der Waals surface area contributed by atoms with Crippen LogP contribution in [0.3, 0.4) is 0 Å². The first-order valence-corrected chi connectivity index (χ1v) is 12.6. The summed E-state index contributed by atoms with van der Waals surface area (Å²) in [7, 11) is 0. The minimum absolute atomic E-state index is 0.0624. The van der Waals surface area contributed by atoms with Crippen molar-refractivity contribution in [2.24, 2.45) is 15.9 Å². The van der Waals surface area contributed by atoms with Crippen molar-refractivity contribution in [3.05, 3.63) is 63.1 Å². The van der Waals surface area contributed by atoms with Gasteiger partial charge in [0.15, 0.2) is 5.66 Å². The molecule has 2 aromatic rings. The monoisotopic (exact) mass is 487 g/mol. The fourth-order valence-corrected chi connectivity index (χ4v) is 5.23. The maximum Gasteiger partial charge on any atom is 0.234 e. The van der Waals surface area contributed by atoms with E-state index in [0.717, 1.165) is 53.3 Å². The van der Waals surface area contributed by atoms with Crippen LogP contribution in [0.1, 0.15) is 49.3 Å². The lowest BCUT2D eigenvalue weighted by Crippen LogP contribution is -2.28. The normalized spacial score (nSPS) is 22.6. The highest BCUT2D eigenvalue weighted by Gasteiger charge is 2.39. The molecule has 1 aliphatic heterocycles. The molecule has 2 aromatic carbocycles. The first-order chi connectivity index (χ1) is 15.2. The molecule has 0 aromatic heterocycles. The Labute approximate surface area is 203 Å². The number of halogens is 2. The highest BCUT2D eigenvalue weighted by Crippen LogP contribution is 2.41. The van der Waals surface area contributed by atoms with E-state index < -0.39 is 5.66 Å². The van der Waals surface area contributed by atoms with Gasteiger partial charge in [-0.2, -0.15) is 0 Å². The lowest BCUT2D eigenvalue weighted by atomic mass is 9.83. The summed E-state index contributed by atoms with van der Waals surface area (Å²) in [5, 5.41) is 4.78. The third-order valence-electron chi connectivity index (χ3n) is 6.23. The lowest BCUT2D eigenvalue weighted by Gasteiger charge is -2.30. The van der Waals surface area contributed by atoms with Crippen molar-refractivity contribution in [3.63, 3.8) is 0 Å². The Hall–Kier alpha value is -1.82. The van der Waals surface area contributed by atoms with E-state index in [4.69, 9.17) is 33.2 Å². The summed E-state index contributed by atoms with van der Waals surface area (Å²) < 4.78 is 0. The third kappa shape index (κ3) is 5.22. The molecule has 1 amide bonds. The number of nitrogens with zero attached hydrogens (tertiary/aromatic N) is 2. The topological polar surface area (TPSA) is 53.8 Å². The van der Waals surface area contributed by atoms with Crippen LogP contribution in [0.25, 0.3) is 0 Å². The maximum atomic E-state index is 12.7. The number of nitrogens with one attached hydrogen (secondary N) is 1. The van der Waals surface area contributed by atoms with Gasteiger partial charge in [-0.25, -0.2) is 4.99 Å². The first kappa shape index (κ1) is 23.3. The summed E-state index contributed by atoms with van der Waals surface area (Å²) >= 11 is 13.8. The number of rotatable bonds is 4. The number of carbonyl (C=O) groups is 1.